The molecule has 0 aliphatic rings. The third-order valence-electron chi connectivity index (χ3n) is 4.19. The maximum absolute atomic E-state index is 6.25. The highest BCUT2D eigenvalue weighted by atomic mass is 35.5. The van der Waals surface area contributed by atoms with Crippen LogP contribution in [0.3, 0.4) is 0 Å². The van der Waals surface area contributed by atoms with Crippen molar-refractivity contribution in [2.45, 2.75) is 6.54 Å². The minimum absolute atomic E-state index is 0.443. The number of fused-ring (bicyclic) bond motifs is 1. The molecule has 4 aromatic rings. The van der Waals surface area contributed by atoms with E-state index in [-0.39, 0.29) is 0 Å². The Morgan fingerprint density at radius 2 is 2.00 bits per heavy atom. The summed E-state index contributed by atoms with van der Waals surface area (Å²) in [5.41, 5.74) is 4.01. The maximum Gasteiger partial charge on any atom is 0.137 e. The lowest BCUT2D eigenvalue weighted by atomic mass is 10.1. The molecule has 0 amide bonds. The molecule has 6 heteroatoms. The maximum atomic E-state index is 6.25. The second-order valence-corrected chi connectivity index (χ2v) is 6.25. The number of pyridine rings is 2. The van der Waals surface area contributed by atoms with Crippen molar-refractivity contribution in [2.75, 3.05) is 12.4 Å². The van der Waals surface area contributed by atoms with E-state index in [4.69, 9.17) is 16.3 Å². The molecule has 1 aromatic carbocycles. The van der Waals surface area contributed by atoms with Gasteiger partial charge in [0.05, 0.1) is 7.11 Å². The molecule has 0 saturated heterocycles. The molecule has 0 aliphatic heterocycles. The highest BCUT2D eigenvalue weighted by Crippen LogP contribution is 2.30. The van der Waals surface area contributed by atoms with Crippen molar-refractivity contribution >= 4 is 28.5 Å². The van der Waals surface area contributed by atoms with Crippen LogP contribution < -0.4 is 10.1 Å². The van der Waals surface area contributed by atoms with Gasteiger partial charge in [-0.1, -0.05) is 23.7 Å². The van der Waals surface area contributed by atoms with Crippen molar-refractivity contribution in [1.29, 1.82) is 0 Å². The minimum Gasteiger partial charge on any atom is -0.497 e. The van der Waals surface area contributed by atoms with Crippen LogP contribution in [0.4, 0.5) is 5.82 Å². The second-order valence-electron chi connectivity index (χ2n) is 5.87. The first-order chi connectivity index (χ1) is 12.7. The SMILES string of the molecule is COc1ccc(CNc2cc(-c3c[nH]c4ncccc34)cc(Cl)n2)cc1. The van der Waals surface area contributed by atoms with Crippen molar-refractivity contribution in [3.05, 3.63) is 71.6 Å². The van der Waals surface area contributed by atoms with E-state index in [9.17, 15) is 0 Å². The molecule has 0 radical (unpaired) electrons. The van der Waals surface area contributed by atoms with Gasteiger partial charge in [-0.2, -0.15) is 0 Å². The van der Waals surface area contributed by atoms with E-state index in [2.05, 4.69) is 20.3 Å². The van der Waals surface area contributed by atoms with Crippen molar-refractivity contribution < 1.29 is 4.74 Å². The molecule has 4 rings (SSSR count). The average molecular weight is 365 g/mol. The third-order valence-corrected chi connectivity index (χ3v) is 4.38. The van der Waals surface area contributed by atoms with Crippen LogP contribution >= 0.6 is 11.6 Å². The van der Waals surface area contributed by atoms with E-state index in [1.54, 1.807) is 13.3 Å². The summed E-state index contributed by atoms with van der Waals surface area (Å²) in [5.74, 6) is 1.56. The van der Waals surface area contributed by atoms with Gasteiger partial charge in [0.1, 0.15) is 22.4 Å². The van der Waals surface area contributed by atoms with Gasteiger partial charge < -0.3 is 15.0 Å². The lowest BCUT2D eigenvalue weighted by molar-refractivity contribution is 0.414. The first-order valence-corrected chi connectivity index (χ1v) is 8.57. The van der Waals surface area contributed by atoms with Gasteiger partial charge in [0.25, 0.3) is 0 Å². The van der Waals surface area contributed by atoms with Crippen molar-refractivity contribution in [1.82, 2.24) is 15.0 Å². The zero-order chi connectivity index (χ0) is 17.9. The zero-order valence-electron chi connectivity index (χ0n) is 14.2. The number of anilines is 1. The quantitative estimate of drug-likeness (QED) is 0.494. The monoisotopic (exact) mass is 364 g/mol. The van der Waals surface area contributed by atoms with E-state index >= 15 is 0 Å². The van der Waals surface area contributed by atoms with Gasteiger partial charge in [0.15, 0.2) is 0 Å². The van der Waals surface area contributed by atoms with Crippen LogP contribution in [0.5, 0.6) is 5.75 Å². The predicted octanol–water partition coefficient (Wildman–Crippen LogP) is 4.90. The number of aromatic nitrogens is 3. The highest BCUT2D eigenvalue weighted by Gasteiger charge is 2.09. The fraction of sp³-hybridized carbons (Fsp3) is 0.100. The Kier molecular flexibility index (Phi) is 4.46. The summed E-state index contributed by atoms with van der Waals surface area (Å²) in [7, 11) is 1.66. The van der Waals surface area contributed by atoms with E-state index in [1.165, 1.54) is 0 Å². The average Bonchev–Trinajstić information content (AvgIpc) is 3.10. The Morgan fingerprint density at radius 1 is 1.15 bits per heavy atom. The lowest BCUT2D eigenvalue weighted by Gasteiger charge is -2.09. The molecule has 3 heterocycles. The fourth-order valence-electron chi connectivity index (χ4n) is 2.87. The smallest absolute Gasteiger partial charge is 0.137 e. The van der Waals surface area contributed by atoms with Crippen LogP contribution in [-0.4, -0.2) is 22.1 Å². The van der Waals surface area contributed by atoms with E-state index in [1.807, 2.05) is 54.7 Å². The molecule has 5 nitrogen and oxygen atoms in total. The number of aromatic amines is 1. The fourth-order valence-corrected chi connectivity index (χ4v) is 3.08. The molecule has 130 valence electrons. The normalized spacial score (nSPS) is 10.8. The molecule has 26 heavy (non-hydrogen) atoms. The summed E-state index contributed by atoms with van der Waals surface area (Å²) < 4.78 is 5.18. The molecule has 0 unspecified atom stereocenters. The predicted molar refractivity (Wildman–Crippen MR) is 105 cm³/mol. The first-order valence-electron chi connectivity index (χ1n) is 8.20. The largest absolute Gasteiger partial charge is 0.497 e. The van der Waals surface area contributed by atoms with Crippen molar-refractivity contribution in [3.8, 4) is 16.9 Å². The molecule has 0 saturated carbocycles. The number of nitrogens with one attached hydrogen (secondary N) is 2. The van der Waals surface area contributed by atoms with Crippen molar-refractivity contribution in [2.24, 2.45) is 0 Å². The van der Waals surface area contributed by atoms with Gasteiger partial charge in [-0.25, -0.2) is 9.97 Å². The molecule has 0 bridgehead atoms. The van der Waals surface area contributed by atoms with Gasteiger partial charge >= 0.3 is 0 Å². The summed E-state index contributed by atoms with van der Waals surface area (Å²) in [6, 6.07) is 15.7. The van der Waals surface area contributed by atoms with E-state index < -0.39 is 0 Å². The van der Waals surface area contributed by atoms with Gasteiger partial charge in [0, 0.05) is 29.9 Å². The molecule has 0 aliphatic carbocycles. The molecular weight excluding hydrogens is 348 g/mol. The number of methoxy groups -OCH3 is 1. The number of hydrogen-bond donors (Lipinski definition) is 2. The number of nitrogens with zero attached hydrogens (tertiary/aromatic N) is 2. The number of hydrogen-bond acceptors (Lipinski definition) is 4. The molecule has 0 spiro atoms. The van der Waals surface area contributed by atoms with Gasteiger partial charge in [0.2, 0.25) is 0 Å². The van der Waals surface area contributed by atoms with Gasteiger partial charge in [-0.05, 0) is 47.5 Å². The van der Waals surface area contributed by atoms with Gasteiger partial charge in [-0.3, -0.25) is 0 Å². The number of H-pyrrole nitrogens is 1. The third kappa shape index (κ3) is 3.34. The van der Waals surface area contributed by atoms with Crippen LogP contribution in [-0.2, 0) is 6.54 Å². The zero-order valence-corrected chi connectivity index (χ0v) is 14.9. The van der Waals surface area contributed by atoms with Crippen LogP contribution in [0.25, 0.3) is 22.2 Å². The summed E-state index contributed by atoms with van der Waals surface area (Å²) in [4.78, 5) is 11.9. The van der Waals surface area contributed by atoms with Crippen LogP contribution in [0.2, 0.25) is 5.15 Å². The minimum atomic E-state index is 0.443. The Labute approximate surface area is 156 Å². The molecule has 2 N–H and O–H groups in total. The topological polar surface area (TPSA) is 62.8 Å². The first kappa shape index (κ1) is 16.4. The Bertz CT molecular complexity index is 1040. The molecular formula is C20H17ClN4O. The Hall–Kier alpha value is -3.05. The summed E-state index contributed by atoms with van der Waals surface area (Å²) in [5, 5.41) is 4.82. The van der Waals surface area contributed by atoms with Crippen LogP contribution in [0, 0.1) is 0 Å². The van der Waals surface area contributed by atoms with E-state index in [0.717, 1.165) is 39.3 Å². The molecule has 0 atom stereocenters. The summed E-state index contributed by atoms with van der Waals surface area (Å²) >= 11 is 6.25. The van der Waals surface area contributed by atoms with Gasteiger partial charge in [-0.15, -0.1) is 0 Å². The Morgan fingerprint density at radius 3 is 2.81 bits per heavy atom. The Balaban J connectivity index is 1.59. The summed E-state index contributed by atoms with van der Waals surface area (Å²) in [6.07, 6.45) is 3.71. The number of ether oxygens (including phenoxy) is 1. The number of rotatable bonds is 5. The molecule has 0 fully saturated rings. The van der Waals surface area contributed by atoms with Crippen molar-refractivity contribution in [3.63, 3.8) is 0 Å². The van der Waals surface area contributed by atoms with Crippen LogP contribution in [0.1, 0.15) is 5.56 Å². The lowest BCUT2D eigenvalue weighted by Crippen LogP contribution is -2.01. The second kappa shape index (κ2) is 7.06. The number of halogens is 1. The number of benzene rings is 1. The standard InChI is InChI=1S/C20H17ClN4O/c1-26-15-6-4-13(5-7-15)11-23-19-10-14(9-18(21)25-19)17-12-24-20-16(17)3-2-8-22-20/h2-10,12H,11H2,1H3,(H,22,24)(H,23,25). The summed E-state index contributed by atoms with van der Waals surface area (Å²) in [6.45, 7) is 0.645. The molecule has 3 aromatic heterocycles. The van der Waals surface area contributed by atoms with E-state index in [0.29, 0.717) is 11.7 Å². The highest BCUT2D eigenvalue weighted by molar-refractivity contribution is 6.29. The van der Waals surface area contributed by atoms with Crippen LogP contribution in [0.15, 0.2) is 60.9 Å².